The molecule has 0 bridgehead atoms. The van der Waals surface area contributed by atoms with E-state index in [1.54, 1.807) is 31.4 Å². The second kappa shape index (κ2) is 7.99. The zero-order valence-corrected chi connectivity index (χ0v) is 16.9. The minimum atomic E-state index is -0.897. The number of aryl methyl sites for hydroxylation is 1. The van der Waals surface area contributed by atoms with Crippen LogP contribution >= 0.6 is 0 Å². The average Bonchev–Trinajstić information content (AvgIpc) is 3.26. The Hall–Kier alpha value is -3.67. The highest BCUT2D eigenvalue weighted by Gasteiger charge is 2.31. The van der Waals surface area contributed by atoms with Gasteiger partial charge in [-0.1, -0.05) is 6.07 Å². The number of benzene rings is 1. The summed E-state index contributed by atoms with van der Waals surface area (Å²) in [6, 6.07) is 3.97. The molecule has 0 radical (unpaired) electrons. The molecule has 9 heteroatoms. The lowest BCUT2D eigenvalue weighted by Gasteiger charge is -2.21. The first kappa shape index (κ1) is 19.6. The number of aromatic nitrogens is 2. The van der Waals surface area contributed by atoms with Crippen molar-refractivity contribution in [2.75, 3.05) is 36.5 Å². The fourth-order valence-electron chi connectivity index (χ4n) is 3.68. The molecule has 3 heterocycles. The molecule has 1 aromatic heterocycles. The van der Waals surface area contributed by atoms with Gasteiger partial charge in [0.25, 0.3) is 11.8 Å². The zero-order chi connectivity index (χ0) is 21.3. The Balaban J connectivity index is 1.53. The monoisotopic (exact) mass is 406 g/mol. The molecule has 154 valence electrons. The molecule has 0 saturated carbocycles. The summed E-state index contributed by atoms with van der Waals surface area (Å²) < 4.78 is 5.74. The first-order chi connectivity index (χ1) is 14.5. The van der Waals surface area contributed by atoms with Gasteiger partial charge in [0.1, 0.15) is 24.2 Å². The maximum absolute atomic E-state index is 12.9. The van der Waals surface area contributed by atoms with Crippen LogP contribution < -0.4 is 19.9 Å². The Kier molecular flexibility index (Phi) is 5.23. The van der Waals surface area contributed by atoms with E-state index >= 15 is 0 Å². The summed E-state index contributed by atoms with van der Waals surface area (Å²) in [5.74, 6) is 0.365. The molecule has 1 N–H and O–H groups in total. The van der Waals surface area contributed by atoms with Gasteiger partial charge in [0.15, 0.2) is 5.69 Å². The number of hydrogen-bond acceptors (Lipinski definition) is 6. The van der Waals surface area contributed by atoms with Crippen LogP contribution in [0.2, 0.25) is 0 Å². The van der Waals surface area contributed by atoms with Crippen LogP contribution in [0.5, 0.6) is 5.75 Å². The number of nitrogens with one attached hydrogen (secondary N) is 1. The molecule has 2 aliphatic rings. The minimum Gasteiger partial charge on any atom is -0.490 e. The van der Waals surface area contributed by atoms with E-state index in [1.807, 2.05) is 6.92 Å². The third-order valence-electron chi connectivity index (χ3n) is 5.33. The predicted molar refractivity (Wildman–Crippen MR) is 111 cm³/mol. The summed E-state index contributed by atoms with van der Waals surface area (Å²) in [5, 5.41) is 2.70. The number of ether oxygens (including phenoxy) is 1. The number of carbonyl (C=O) groups is 2. The molecule has 4 rings (SSSR count). The van der Waals surface area contributed by atoms with Crippen LogP contribution in [0.3, 0.4) is 0 Å². The lowest BCUT2D eigenvalue weighted by atomic mass is 10.2. The number of anilines is 2. The van der Waals surface area contributed by atoms with Gasteiger partial charge in [0, 0.05) is 31.9 Å². The summed E-state index contributed by atoms with van der Waals surface area (Å²) in [5.41, 5.74) is 1.87. The fourth-order valence-corrected chi connectivity index (χ4v) is 3.68. The lowest BCUT2D eigenvalue weighted by Crippen LogP contribution is -2.49. The third kappa shape index (κ3) is 3.64. The molecule has 0 unspecified atom stereocenters. The standard InChI is InChI=1S/C21H22N6O3/c1-13-11-23-18(25-19(13)27-8-4-5-9-27)20(28)24-15-12-30-17-10-14(22-2)6-7-16(17)26(3)21(15)29/h6-7,10-11,15H,4-5,8-9,12H2,1,3H3,(H,24,28)/t15-/m0/s1. The quantitative estimate of drug-likeness (QED) is 0.785. The largest absolute Gasteiger partial charge is 0.490 e. The average molecular weight is 406 g/mol. The second-order valence-corrected chi connectivity index (χ2v) is 7.39. The summed E-state index contributed by atoms with van der Waals surface area (Å²) in [6.07, 6.45) is 3.83. The molecule has 9 nitrogen and oxygen atoms in total. The van der Waals surface area contributed by atoms with Crippen molar-refractivity contribution < 1.29 is 14.3 Å². The highest BCUT2D eigenvalue weighted by molar-refractivity contribution is 6.02. The van der Waals surface area contributed by atoms with Gasteiger partial charge in [-0.3, -0.25) is 9.59 Å². The number of hydrogen-bond donors (Lipinski definition) is 1. The van der Waals surface area contributed by atoms with Crippen LogP contribution in [0.25, 0.3) is 4.85 Å². The molecule has 2 aromatic rings. The van der Waals surface area contributed by atoms with Gasteiger partial charge < -0.3 is 19.9 Å². The molecule has 30 heavy (non-hydrogen) atoms. The van der Waals surface area contributed by atoms with Crippen molar-refractivity contribution in [3.8, 4) is 5.75 Å². The van der Waals surface area contributed by atoms with Gasteiger partial charge in [0.05, 0.1) is 12.3 Å². The number of amides is 2. The number of nitrogens with zero attached hydrogens (tertiary/aromatic N) is 5. The molecule has 0 spiro atoms. The Morgan fingerprint density at radius 1 is 1.33 bits per heavy atom. The topological polar surface area (TPSA) is 92.0 Å². The molecule has 0 aliphatic carbocycles. The SMILES string of the molecule is [C-]#[N+]c1ccc2c(c1)OC[C@H](NC(=O)c1ncc(C)c(N3CCCC3)n1)C(=O)N2C. The number of carbonyl (C=O) groups excluding carboxylic acids is 2. The van der Waals surface area contributed by atoms with Crippen LogP contribution in [0.4, 0.5) is 17.2 Å². The molecular formula is C21H22N6O3. The molecule has 1 atom stereocenters. The Morgan fingerprint density at radius 2 is 2.10 bits per heavy atom. The fraction of sp³-hybridized carbons (Fsp3) is 0.381. The normalized spacial score (nSPS) is 18.3. The maximum atomic E-state index is 12.9. The Labute approximate surface area is 174 Å². The van der Waals surface area contributed by atoms with Gasteiger partial charge in [-0.15, -0.1) is 0 Å². The van der Waals surface area contributed by atoms with Crippen molar-refractivity contribution in [2.45, 2.75) is 25.8 Å². The molecule has 1 fully saturated rings. The van der Waals surface area contributed by atoms with Gasteiger partial charge in [-0.2, -0.15) is 0 Å². The molecule has 2 amide bonds. The smallest absolute Gasteiger partial charge is 0.289 e. The van der Waals surface area contributed by atoms with Crippen LogP contribution in [0.15, 0.2) is 24.4 Å². The van der Waals surface area contributed by atoms with Gasteiger partial charge >= 0.3 is 0 Å². The summed E-state index contributed by atoms with van der Waals surface area (Å²) in [6.45, 7) is 10.8. The van der Waals surface area contributed by atoms with Crippen molar-refractivity contribution in [1.82, 2.24) is 15.3 Å². The zero-order valence-electron chi connectivity index (χ0n) is 16.9. The summed E-state index contributed by atoms with van der Waals surface area (Å²) in [7, 11) is 1.61. The third-order valence-corrected chi connectivity index (χ3v) is 5.33. The van der Waals surface area contributed by atoms with Crippen LogP contribution in [-0.2, 0) is 4.79 Å². The predicted octanol–water partition coefficient (Wildman–Crippen LogP) is 2.09. The van der Waals surface area contributed by atoms with Gasteiger partial charge in [-0.25, -0.2) is 14.8 Å². The Morgan fingerprint density at radius 3 is 2.83 bits per heavy atom. The van der Waals surface area contributed by atoms with E-state index in [0.717, 1.165) is 37.3 Å². The second-order valence-electron chi connectivity index (χ2n) is 7.39. The molecular weight excluding hydrogens is 384 g/mol. The summed E-state index contributed by atoms with van der Waals surface area (Å²) in [4.78, 5) is 41.3. The first-order valence-corrected chi connectivity index (χ1v) is 9.79. The van der Waals surface area contributed by atoms with E-state index < -0.39 is 11.9 Å². The van der Waals surface area contributed by atoms with E-state index in [1.165, 1.54) is 4.90 Å². The van der Waals surface area contributed by atoms with Crippen LogP contribution in [0, 0.1) is 13.5 Å². The highest BCUT2D eigenvalue weighted by Crippen LogP contribution is 2.34. The minimum absolute atomic E-state index is 0.0232. The molecule has 1 aromatic carbocycles. The van der Waals surface area contributed by atoms with Gasteiger partial charge in [-0.05, 0) is 31.9 Å². The van der Waals surface area contributed by atoms with Gasteiger partial charge in [0.2, 0.25) is 5.82 Å². The van der Waals surface area contributed by atoms with E-state index in [-0.39, 0.29) is 18.3 Å². The van der Waals surface area contributed by atoms with E-state index in [2.05, 4.69) is 25.0 Å². The first-order valence-electron chi connectivity index (χ1n) is 9.79. The number of rotatable bonds is 3. The Bertz CT molecular complexity index is 1040. The molecule has 1 saturated heterocycles. The van der Waals surface area contributed by atoms with Crippen LogP contribution in [-0.4, -0.2) is 54.6 Å². The van der Waals surface area contributed by atoms with Crippen molar-refractivity contribution in [1.29, 1.82) is 0 Å². The van der Waals surface area contributed by atoms with Crippen molar-refractivity contribution in [2.24, 2.45) is 0 Å². The number of likely N-dealkylation sites (N-methyl/N-ethyl adjacent to an activating group) is 1. The van der Waals surface area contributed by atoms with E-state index in [0.29, 0.717) is 17.1 Å². The lowest BCUT2D eigenvalue weighted by molar-refractivity contribution is -0.120. The van der Waals surface area contributed by atoms with Crippen LogP contribution in [0.1, 0.15) is 29.0 Å². The van der Waals surface area contributed by atoms with Crippen molar-refractivity contribution in [3.05, 3.63) is 47.2 Å². The highest BCUT2D eigenvalue weighted by atomic mass is 16.5. The van der Waals surface area contributed by atoms with E-state index in [4.69, 9.17) is 11.3 Å². The van der Waals surface area contributed by atoms with E-state index in [9.17, 15) is 9.59 Å². The summed E-state index contributed by atoms with van der Waals surface area (Å²) >= 11 is 0. The molecule has 2 aliphatic heterocycles. The maximum Gasteiger partial charge on any atom is 0.289 e. The number of fused-ring (bicyclic) bond motifs is 1. The van der Waals surface area contributed by atoms with Crippen molar-refractivity contribution in [3.63, 3.8) is 0 Å². The van der Waals surface area contributed by atoms with Crippen molar-refractivity contribution >= 4 is 29.0 Å².